The first-order valence-corrected chi connectivity index (χ1v) is 8.24. The standard InChI is InChI=1S/C17H25NO3/c1-10(15-9-11-6-7-12(15)8-11)18-16(19)13-4-2-3-5-14(13)17(20)21/h2-3,10-15H,4-9H2,1H3,(H,18,19)(H,20,21)/t10-,11-,12-,13+,14+,15-/m0/s1. The van der Waals surface area contributed by atoms with Crippen molar-refractivity contribution in [1.29, 1.82) is 0 Å². The predicted molar refractivity (Wildman–Crippen MR) is 79.5 cm³/mol. The summed E-state index contributed by atoms with van der Waals surface area (Å²) in [6, 6.07) is 0.174. The number of fused-ring (bicyclic) bond motifs is 2. The van der Waals surface area contributed by atoms with E-state index in [1.807, 2.05) is 12.2 Å². The average Bonchev–Trinajstić information content (AvgIpc) is 3.09. The van der Waals surface area contributed by atoms with E-state index in [1.54, 1.807) is 0 Å². The first kappa shape index (κ1) is 14.6. The highest BCUT2D eigenvalue weighted by molar-refractivity contribution is 5.85. The monoisotopic (exact) mass is 291 g/mol. The van der Waals surface area contributed by atoms with Gasteiger partial charge in [0.25, 0.3) is 0 Å². The molecule has 2 N–H and O–H groups in total. The van der Waals surface area contributed by atoms with Crippen LogP contribution in [-0.2, 0) is 9.59 Å². The Hall–Kier alpha value is -1.32. The van der Waals surface area contributed by atoms with Crippen LogP contribution in [0, 0.1) is 29.6 Å². The van der Waals surface area contributed by atoms with E-state index in [1.165, 1.54) is 25.7 Å². The Morgan fingerprint density at radius 1 is 1.14 bits per heavy atom. The number of carbonyl (C=O) groups is 2. The summed E-state index contributed by atoms with van der Waals surface area (Å²) < 4.78 is 0. The van der Waals surface area contributed by atoms with Crippen molar-refractivity contribution in [2.45, 2.75) is 51.5 Å². The lowest BCUT2D eigenvalue weighted by molar-refractivity contribution is -0.147. The number of hydrogen-bond donors (Lipinski definition) is 2. The summed E-state index contributed by atoms with van der Waals surface area (Å²) in [7, 11) is 0. The highest BCUT2D eigenvalue weighted by Gasteiger charge is 2.43. The second-order valence-electron chi connectivity index (χ2n) is 7.13. The van der Waals surface area contributed by atoms with Gasteiger partial charge < -0.3 is 10.4 Å². The largest absolute Gasteiger partial charge is 0.481 e. The van der Waals surface area contributed by atoms with Gasteiger partial charge in [-0.2, -0.15) is 0 Å². The molecular weight excluding hydrogens is 266 g/mol. The molecule has 0 aromatic heterocycles. The zero-order chi connectivity index (χ0) is 15.0. The number of carboxylic acids is 1. The maximum Gasteiger partial charge on any atom is 0.307 e. The average molecular weight is 291 g/mol. The molecule has 116 valence electrons. The molecule has 0 aromatic rings. The lowest BCUT2D eigenvalue weighted by atomic mass is 9.81. The molecule has 0 heterocycles. The number of hydrogen-bond acceptors (Lipinski definition) is 2. The van der Waals surface area contributed by atoms with Crippen LogP contribution in [0.4, 0.5) is 0 Å². The molecule has 3 rings (SSSR count). The van der Waals surface area contributed by atoms with Gasteiger partial charge in [-0.3, -0.25) is 9.59 Å². The smallest absolute Gasteiger partial charge is 0.307 e. The summed E-state index contributed by atoms with van der Waals surface area (Å²) in [4.78, 5) is 23.8. The van der Waals surface area contributed by atoms with Crippen molar-refractivity contribution >= 4 is 11.9 Å². The highest BCUT2D eigenvalue weighted by atomic mass is 16.4. The van der Waals surface area contributed by atoms with E-state index in [0.717, 1.165) is 11.8 Å². The number of nitrogens with one attached hydrogen (secondary N) is 1. The second kappa shape index (κ2) is 5.82. The van der Waals surface area contributed by atoms with Crippen LogP contribution in [0.5, 0.6) is 0 Å². The van der Waals surface area contributed by atoms with Crippen LogP contribution in [0.25, 0.3) is 0 Å². The van der Waals surface area contributed by atoms with E-state index >= 15 is 0 Å². The lowest BCUT2D eigenvalue weighted by Crippen LogP contribution is -2.46. The third-order valence-electron chi connectivity index (χ3n) is 5.89. The van der Waals surface area contributed by atoms with Crippen LogP contribution in [0.2, 0.25) is 0 Å². The molecule has 2 fully saturated rings. The minimum absolute atomic E-state index is 0.0676. The molecule has 2 bridgehead atoms. The van der Waals surface area contributed by atoms with Crippen LogP contribution in [-0.4, -0.2) is 23.0 Å². The first-order valence-electron chi connectivity index (χ1n) is 8.24. The van der Waals surface area contributed by atoms with Crippen LogP contribution in [0.1, 0.15) is 45.4 Å². The van der Waals surface area contributed by atoms with Crippen molar-refractivity contribution in [3.05, 3.63) is 12.2 Å². The molecule has 0 radical (unpaired) electrons. The molecule has 0 spiro atoms. The minimum Gasteiger partial charge on any atom is -0.481 e. The van der Waals surface area contributed by atoms with E-state index in [9.17, 15) is 14.7 Å². The normalized spacial score (nSPS) is 39.2. The minimum atomic E-state index is -0.855. The Balaban J connectivity index is 1.60. The van der Waals surface area contributed by atoms with Gasteiger partial charge >= 0.3 is 5.97 Å². The van der Waals surface area contributed by atoms with Crippen molar-refractivity contribution in [3.63, 3.8) is 0 Å². The lowest BCUT2D eigenvalue weighted by Gasteiger charge is -2.31. The fourth-order valence-corrected chi connectivity index (χ4v) is 4.72. The number of carboxylic acid groups (broad SMARTS) is 1. The molecule has 21 heavy (non-hydrogen) atoms. The number of carbonyl (C=O) groups excluding carboxylic acids is 1. The van der Waals surface area contributed by atoms with Crippen LogP contribution < -0.4 is 5.32 Å². The summed E-state index contributed by atoms with van der Waals surface area (Å²) >= 11 is 0. The Morgan fingerprint density at radius 2 is 1.86 bits per heavy atom. The molecule has 0 aromatic carbocycles. The van der Waals surface area contributed by atoms with Gasteiger partial charge in [0.15, 0.2) is 0 Å². The van der Waals surface area contributed by atoms with Gasteiger partial charge in [0.05, 0.1) is 11.8 Å². The van der Waals surface area contributed by atoms with E-state index in [2.05, 4.69) is 12.2 Å². The topological polar surface area (TPSA) is 66.4 Å². The molecule has 0 unspecified atom stereocenters. The van der Waals surface area contributed by atoms with Gasteiger partial charge in [0.2, 0.25) is 5.91 Å². The number of rotatable bonds is 4. The Morgan fingerprint density at radius 3 is 2.43 bits per heavy atom. The van der Waals surface area contributed by atoms with Crippen LogP contribution in [0.3, 0.4) is 0 Å². The van der Waals surface area contributed by atoms with Gasteiger partial charge in [0, 0.05) is 6.04 Å². The molecular formula is C17H25NO3. The first-order chi connectivity index (χ1) is 10.1. The summed E-state index contributed by atoms with van der Waals surface area (Å²) in [6.07, 6.45) is 10.1. The molecule has 4 nitrogen and oxygen atoms in total. The highest BCUT2D eigenvalue weighted by Crippen LogP contribution is 2.49. The number of aliphatic carboxylic acids is 1. The Kier molecular flexibility index (Phi) is 4.05. The molecule has 0 aliphatic heterocycles. The van der Waals surface area contributed by atoms with Crippen molar-refractivity contribution in [1.82, 2.24) is 5.32 Å². The number of allylic oxidation sites excluding steroid dienone is 2. The van der Waals surface area contributed by atoms with E-state index in [4.69, 9.17) is 0 Å². The van der Waals surface area contributed by atoms with Gasteiger partial charge in [-0.15, -0.1) is 0 Å². The Labute approximate surface area is 126 Å². The van der Waals surface area contributed by atoms with Crippen LogP contribution in [0.15, 0.2) is 12.2 Å². The summed E-state index contributed by atoms with van der Waals surface area (Å²) in [5.74, 6) is 0.329. The van der Waals surface area contributed by atoms with Crippen molar-refractivity contribution in [2.75, 3.05) is 0 Å². The van der Waals surface area contributed by atoms with Gasteiger partial charge in [-0.05, 0) is 56.8 Å². The van der Waals surface area contributed by atoms with E-state index < -0.39 is 17.8 Å². The van der Waals surface area contributed by atoms with Gasteiger partial charge in [-0.1, -0.05) is 18.6 Å². The third kappa shape index (κ3) is 2.85. The molecule has 3 aliphatic rings. The summed E-state index contributed by atoms with van der Waals surface area (Å²) in [5, 5.41) is 12.4. The van der Waals surface area contributed by atoms with Crippen molar-refractivity contribution in [2.24, 2.45) is 29.6 Å². The molecule has 6 atom stereocenters. The molecule has 1 amide bonds. The Bertz CT molecular complexity index is 459. The number of amides is 1. The SMILES string of the molecule is C[C@H](NC(=O)[C@@H]1CC=CC[C@H]1C(=O)O)[C@@H]1C[C@H]2CC[C@H]1C2. The summed E-state index contributed by atoms with van der Waals surface area (Å²) in [5.41, 5.74) is 0. The molecule has 3 aliphatic carbocycles. The molecule has 2 saturated carbocycles. The van der Waals surface area contributed by atoms with E-state index in [-0.39, 0.29) is 11.9 Å². The predicted octanol–water partition coefficient (Wildman–Crippen LogP) is 2.59. The fraction of sp³-hybridized carbons (Fsp3) is 0.765. The second-order valence-corrected chi connectivity index (χ2v) is 7.13. The maximum atomic E-state index is 12.5. The van der Waals surface area contributed by atoms with Crippen molar-refractivity contribution < 1.29 is 14.7 Å². The zero-order valence-electron chi connectivity index (χ0n) is 12.6. The maximum absolute atomic E-state index is 12.5. The van der Waals surface area contributed by atoms with Crippen LogP contribution >= 0.6 is 0 Å². The quantitative estimate of drug-likeness (QED) is 0.782. The molecule has 4 heteroatoms. The fourth-order valence-electron chi connectivity index (χ4n) is 4.72. The van der Waals surface area contributed by atoms with E-state index in [0.29, 0.717) is 18.8 Å². The van der Waals surface area contributed by atoms with Crippen molar-refractivity contribution in [3.8, 4) is 0 Å². The zero-order valence-corrected chi connectivity index (χ0v) is 12.6. The van der Waals surface area contributed by atoms with Gasteiger partial charge in [-0.25, -0.2) is 0 Å². The third-order valence-corrected chi connectivity index (χ3v) is 5.89. The summed E-state index contributed by atoms with van der Waals surface area (Å²) in [6.45, 7) is 2.09. The molecule has 0 saturated heterocycles. The van der Waals surface area contributed by atoms with Gasteiger partial charge in [0.1, 0.15) is 0 Å².